The van der Waals surface area contributed by atoms with Crippen molar-refractivity contribution in [2.24, 2.45) is 11.5 Å². The van der Waals surface area contributed by atoms with E-state index < -0.39 is 0 Å². The lowest BCUT2D eigenvalue weighted by atomic mass is 10.1. The third-order valence-electron chi connectivity index (χ3n) is 4.03. The number of fused-ring (bicyclic) bond motifs is 1. The fourth-order valence-electron chi connectivity index (χ4n) is 2.69. The van der Waals surface area contributed by atoms with E-state index in [9.17, 15) is 0 Å². The highest BCUT2D eigenvalue weighted by Gasteiger charge is 2.12. The molecule has 0 saturated heterocycles. The summed E-state index contributed by atoms with van der Waals surface area (Å²) in [5.41, 5.74) is 12.6. The minimum atomic E-state index is 0.511. The van der Waals surface area contributed by atoms with E-state index in [1.54, 1.807) is 18.2 Å². The van der Waals surface area contributed by atoms with Crippen LogP contribution in [0.25, 0.3) is 22.3 Å². The molecule has 8 heteroatoms. The van der Waals surface area contributed by atoms with Crippen molar-refractivity contribution in [2.45, 2.75) is 6.42 Å². The van der Waals surface area contributed by atoms with Crippen molar-refractivity contribution in [1.82, 2.24) is 9.97 Å². The van der Waals surface area contributed by atoms with Gasteiger partial charge >= 0.3 is 0 Å². The Kier molecular flexibility index (Phi) is 6.68. The Balaban J connectivity index is 1.84. The molecule has 3 rings (SSSR count). The lowest BCUT2D eigenvalue weighted by molar-refractivity contribution is -0.457. The zero-order chi connectivity index (χ0) is 19.9. The summed E-state index contributed by atoms with van der Waals surface area (Å²) in [6.07, 6.45) is 3.86. The molecular weight excluding hydrogens is 395 g/mol. The molecule has 0 fully saturated rings. The van der Waals surface area contributed by atoms with Crippen LogP contribution in [0.1, 0.15) is 6.42 Å². The van der Waals surface area contributed by atoms with Crippen molar-refractivity contribution in [3.05, 3.63) is 64.8 Å². The Labute approximate surface area is 173 Å². The molecule has 0 atom stereocenters. The minimum Gasteiger partial charge on any atom is -0.404 e. The summed E-state index contributed by atoms with van der Waals surface area (Å²) in [4.78, 5) is 12.4. The van der Waals surface area contributed by atoms with E-state index >= 15 is 0 Å². The first-order chi connectivity index (χ1) is 13.6. The third kappa shape index (κ3) is 4.91. The highest BCUT2D eigenvalue weighted by Crippen LogP contribution is 2.31. The summed E-state index contributed by atoms with van der Waals surface area (Å²) in [6, 6.07) is 13.1. The maximum Gasteiger partial charge on any atom is 0.266 e. The quantitative estimate of drug-likeness (QED) is 0.269. The third-order valence-corrected chi connectivity index (χ3v) is 4.57. The van der Waals surface area contributed by atoms with Crippen LogP contribution in [0, 0.1) is 0 Å². The van der Waals surface area contributed by atoms with Crippen LogP contribution in [0.3, 0.4) is 0 Å². The van der Waals surface area contributed by atoms with Crippen molar-refractivity contribution in [3.8, 4) is 11.4 Å². The van der Waals surface area contributed by atoms with Crippen molar-refractivity contribution in [1.29, 1.82) is 0 Å². The molecule has 0 radical (unpaired) electrons. The predicted molar refractivity (Wildman–Crippen MR) is 116 cm³/mol. The number of aromatic nitrogens is 2. The Morgan fingerprint density at radius 2 is 1.96 bits per heavy atom. The van der Waals surface area contributed by atoms with Gasteiger partial charge in [0.15, 0.2) is 5.82 Å². The molecule has 28 heavy (non-hydrogen) atoms. The van der Waals surface area contributed by atoms with E-state index in [-0.39, 0.29) is 0 Å². The number of nitrogens with two attached hydrogens (primary N) is 2. The molecule has 0 bridgehead atoms. The number of para-hydroxylation sites is 1. The lowest BCUT2D eigenvalue weighted by Gasteiger charge is -2.11. The number of anilines is 1. The van der Waals surface area contributed by atoms with Crippen LogP contribution < -0.4 is 21.8 Å². The first-order valence-electron chi connectivity index (χ1n) is 8.79. The van der Waals surface area contributed by atoms with E-state index in [1.165, 1.54) is 6.20 Å². The summed E-state index contributed by atoms with van der Waals surface area (Å²) in [5, 5.41) is 5.41. The molecule has 6 nitrogen and oxygen atoms in total. The Hall–Kier alpha value is -2.83. The number of benzene rings is 2. The first-order valence-corrected chi connectivity index (χ1v) is 9.54. The molecule has 0 saturated carbocycles. The Morgan fingerprint density at radius 1 is 1.14 bits per heavy atom. The van der Waals surface area contributed by atoms with Crippen LogP contribution in [0.2, 0.25) is 10.0 Å². The summed E-state index contributed by atoms with van der Waals surface area (Å²) in [6.45, 7) is 1.42. The molecule has 144 valence electrons. The standard InChI is InChI=1S/C20H20Cl2N6/c21-13-6-7-14(16(22)12-13)20-27-17-5-2-1-4-15(17)19(28-20)26-11-3-10-25-18(24)8-9-23/h1-2,4-9,12H,3,10-11,23H2,(H2,24,25)(H,26,27,28)/p+1. The monoisotopic (exact) mass is 415 g/mol. The van der Waals surface area contributed by atoms with Crippen LogP contribution in [-0.2, 0) is 0 Å². The van der Waals surface area contributed by atoms with Crippen molar-refractivity contribution >= 4 is 45.8 Å². The summed E-state index contributed by atoms with van der Waals surface area (Å²) in [5.74, 6) is 1.84. The van der Waals surface area contributed by atoms with Crippen LogP contribution in [0.4, 0.5) is 5.82 Å². The average molecular weight is 416 g/mol. The van der Waals surface area contributed by atoms with Gasteiger partial charge in [0, 0.05) is 41.2 Å². The number of hydrogen-bond donors (Lipinski definition) is 4. The molecule has 0 aliphatic carbocycles. The summed E-state index contributed by atoms with van der Waals surface area (Å²) in [7, 11) is 0. The molecule has 0 unspecified atom stereocenters. The second-order valence-electron chi connectivity index (χ2n) is 6.06. The van der Waals surface area contributed by atoms with E-state index in [0.29, 0.717) is 34.8 Å². The first kappa shape index (κ1) is 19.9. The number of amidine groups is 1. The highest BCUT2D eigenvalue weighted by atomic mass is 35.5. The number of hydrogen-bond acceptors (Lipinski definition) is 4. The maximum atomic E-state index is 6.35. The summed E-state index contributed by atoms with van der Waals surface area (Å²) < 4.78 is 0. The highest BCUT2D eigenvalue weighted by molar-refractivity contribution is 6.36. The molecule has 0 amide bonds. The van der Waals surface area contributed by atoms with E-state index in [1.807, 2.05) is 30.3 Å². The van der Waals surface area contributed by atoms with Gasteiger partial charge in [-0.2, -0.15) is 0 Å². The second kappa shape index (κ2) is 9.39. The van der Waals surface area contributed by atoms with Gasteiger partial charge in [-0.05, 0) is 30.3 Å². The van der Waals surface area contributed by atoms with Gasteiger partial charge in [-0.1, -0.05) is 35.3 Å². The fraction of sp³-hybridized carbons (Fsp3) is 0.150. The van der Waals surface area contributed by atoms with Crippen LogP contribution in [0.15, 0.2) is 54.7 Å². The molecule has 2 aromatic carbocycles. The van der Waals surface area contributed by atoms with E-state index in [4.69, 9.17) is 39.7 Å². The summed E-state index contributed by atoms with van der Waals surface area (Å²) >= 11 is 12.4. The molecule has 0 spiro atoms. The van der Waals surface area contributed by atoms with Gasteiger partial charge in [0.1, 0.15) is 5.82 Å². The van der Waals surface area contributed by atoms with Gasteiger partial charge in [0.25, 0.3) is 5.84 Å². The molecular formula is C20H21Cl2N6+. The van der Waals surface area contributed by atoms with E-state index in [0.717, 1.165) is 28.7 Å². The second-order valence-corrected chi connectivity index (χ2v) is 6.90. The number of halogens is 2. The van der Waals surface area contributed by atoms with Crippen molar-refractivity contribution < 1.29 is 4.99 Å². The minimum absolute atomic E-state index is 0.511. The van der Waals surface area contributed by atoms with Gasteiger partial charge in [-0.15, -0.1) is 0 Å². The largest absolute Gasteiger partial charge is 0.404 e. The molecule has 1 aromatic heterocycles. The number of nitrogens with zero attached hydrogens (tertiary/aromatic N) is 2. The van der Waals surface area contributed by atoms with Gasteiger partial charge in [0.05, 0.1) is 17.1 Å². The predicted octanol–water partition coefficient (Wildman–Crippen LogP) is 2.32. The Morgan fingerprint density at radius 3 is 2.75 bits per heavy atom. The smallest absolute Gasteiger partial charge is 0.266 e. The fourth-order valence-corrected chi connectivity index (χ4v) is 3.19. The number of nitrogens with one attached hydrogen (secondary N) is 2. The van der Waals surface area contributed by atoms with Gasteiger partial charge in [-0.25, -0.2) is 9.97 Å². The average Bonchev–Trinajstić information content (AvgIpc) is 2.67. The zero-order valence-electron chi connectivity index (χ0n) is 15.1. The van der Waals surface area contributed by atoms with Crippen molar-refractivity contribution in [2.75, 3.05) is 18.4 Å². The van der Waals surface area contributed by atoms with Crippen LogP contribution in [0.5, 0.6) is 0 Å². The van der Waals surface area contributed by atoms with Gasteiger partial charge in [-0.3, -0.25) is 10.7 Å². The molecule has 3 aromatic rings. The number of rotatable bonds is 7. The zero-order valence-corrected chi connectivity index (χ0v) is 16.6. The normalized spacial score (nSPS) is 12.0. The Bertz CT molecular complexity index is 1030. The molecule has 0 aliphatic rings. The molecule has 0 aliphatic heterocycles. The molecule has 1 heterocycles. The maximum absolute atomic E-state index is 6.35. The lowest BCUT2D eigenvalue weighted by Crippen LogP contribution is -2.75. The topological polar surface area (TPSA) is 104 Å². The van der Waals surface area contributed by atoms with Gasteiger partial charge in [0.2, 0.25) is 0 Å². The molecule has 6 N–H and O–H groups in total. The van der Waals surface area contributed by atoms with Crippen molar-refractivity contribution in [3.63, 3.8) is 0 Å². The van der Waals surface area contributed by atoms with Crippen LogP contribution in [-0.4, -0.2) is 28.9 Å². The van der Waals surface area contributed by atoms with E-state index in [2.05, 4.69) is 15.3 Å². The van der Waals surface area contributed by atoms with Crippen LogP contribution >= 0.6 is 23.2 Å². The van der Waals surface area contributed by atoms with Gasteiger partial charge < -0.3 is 11.1 Å². The SMILES string of the molecule is NC=CC(N)=[NH+]CCCNc1nc(-c2ccc(Cl)cc2Cl)nc2ccccc12.